The van der Waals surface area contributed by atoms with Crippen molar-refractivity contribution in [1.29, 1.82) is 0 Å². The molecule has 3 nitrogen and oxygen atoms in total. The van der Waals surface area contributed by atoms with Crippen LogP contribution in [-0.2, 0) is 11.3 Å². The third-order valence-electron chi connectivity index (χ3n) is 2.29. The van der Waals surface area contributed by atoms with Gasteiger partial charge in [-0.15, -0.1) is 0 Å². The smallest absolute Gasteiger partial charge is 0.236 e. The number of carbonyl (C=O) groups excluding carboxylic acids is 1. The minimum atomic E-state index is -0.0893. The van der Waals surface area contributed by atoms with Crippen LogP contribution in [0.3, 0.4) is 0 Å². The molecule has 1 aromatic rings. The molecule has 0 bridgehead atoms. The number of nitrogens with two attached hydrogens (primary N) is 1. The van der Waals surface area contributed by atoms with Crippen LogP contribution in [0.15, 0.2) is 18.2 Å². The molecule has 88 valence electrons. The molecule has 1 rings (SSSR count). The highest BCUT2D eigenvalue weighted by Crippen LogP contribution is 2.22. The van der Waals surface area contributed by atoms with Gasteiger partial charge in [-0.05, 0) is 24.6 Å². The molecule has 5 heteroatoms. The lowest BCUT2D eigenvalue weighted by Crippen LogP contribution is -2.35. The fourth-order valence-corrected chi connectivity index (χ4v) is 1.83. The van der Waals surface area contributed by atoms with Gasteiger partial charge in [0.05, 0.1) is 6.54 Å². The van der Waals surface area contributed by atoms with Crippen molar-refractivity contribution in [3.8, 4) is 0 Å². The van der Waals surface area contributed by atoms with E-state index in [4.69, 9.17) is 28.9 Å². The highest BCUT2D eigenvalue weighted by molar-refractivity contribution is 6.35. The normalized spacial score (nSPS) is 10.2. The summed E-state index contributed by atoms with van der Waals surface area (Å²) in [4.78, 5) is 13.1. The topological polar surface area (TPSA) is 46.3 Å². The number of hydrogen-bond acceptors (Lipinski definition) is 2. The molecule has 2 N–H and O–H groups in total. The Kier molecular flexibility index (Phi) is 5.06. The number of benzene rings is 1. The second-order valence-corrected chi connectivity index (χ2v) is 4.19. The van der Waals surface area contributed by atoms with Gasteiger partial charge in [0.1, 0.15) is 0 Å². The van der Waals surface area contributed by atoms with E-state index in [1.54, 1.807) is 17.0 Å². The lowest BCUT2D eigenvalue weighted by Gasteiger charge is -2.20. The van der Waals surface area contributed by atoms with Crippen molar-refractivity contribution in [2.75, 3.05) is 13.1 Å². The van der Waals surface area contributed by atoms with E-state index in [0.717, 1.165) is 5.56 Å². The minimum absolute atomic E-state index is 0.0129. The summed E-state index contributed by atoms with van der Waals surface area (Å²) in [6.45, 7) is 2.98. The molecule has 1 amide bonds. The molecule has 0 spiro atoms. The van der Waals surface area contributed by atoms with Crippen LogP contribution in [0.1, 0.15) is 12.5 Å². The SMILES string of the molecule is CCN(Cc1ccc(Cl)cc1Cl)C(=O)CN. The molecule has 0 heterocycles. The summed E-state index contributed by atoms with van der Waals surface area (Å²) in [5, 5.41) is 1.15. The van der Waals surface area contributed by atoms with Crippen LogP contribution in [0.2, 0.25) is 10.0 Å². The molecular weight excluding hydrogens is 247 g/mol. The van der Waals surface area contributed by atoms with Gasteiger partial charge in [-0.2, -0.15) is 0 Å². The van der Waals surface area contributed by atoms with Crippen molar-refractivity contribution in [3.05, 3.63) is 33.8 Å². The summed E-state index contributed by atoms with van der Waals surface area (Å²) < 4.78 is 0. The maximum atomic E-state index is 11.5. The van der Waals surface area contributed by atoms with Crippen molar-refractivity contribution in [3.63, 3.8) is 0 Å². The Bertz CT molecular complexity index is 382. The molecule has 16 heavy (non-hydrogen) atoms. The second-order valence-electron chi connectivity index (χ2n) is 3.35. The number of rotatable bonds is 4. The maximum Gasteiger partial charge on any atom is 0.236 e. The minimum Gasteiger partial charge on any atom is -0.337 e. The maximum absolute atomic E-state index is 11.5. The summed E-state index contributed by atoms with van der Waals surface area (Å²) in [7, 11) is 0. The van der Waals surface area contributed by atoms with Crippen LogP contribution < -0.4 is 5.73 Å². The quantitative estimate of drug-likeness (QED) is 0.903. The molecule has 0 saturated heterocycles. The Morgan fingerprint density at radius 3 is 2.62 bits per heavy atom. The van der Waals surface area contributed by atoms with Crippen LogP contribution >= 0.6 is 23.2 Å². The zero-order valence-electron chi connectivity index (χ0n) is 9.04. The molecular formula is C11H14Cl2N2O. The van der Waals surface area contributed by atoms with Crippen LogP contribution in [0.5, 0.6) is 0 Å². The van der Waals surface area contributed by atoms with E-state index in [9.17, 15) is 4.79 Å². The average molecular weight is 261 g/mol. The Morgan fingerprint density at radius 1 is 1.44 bits per heavy atom. The number of amides is 1. The number of nitrogens with zero attached hydrogens (tertiary/aromatic N) is 1. The van der Waals surface area contributed by atoms with Gasteiger partial charge in [-0.3, -0.25) is 4.79 Å². The lowest BCUT2D eigenvalue weighted by atomic mass is 10.2. The number of halogens is 2. The van der Waals surface area contributed by atoms with E-state index >= 15 is 0 Å². The van der Waals surface area contributed by atoms with Gasteiger partial charge in [-0.25, -0.2) is 0 Å². The summed E-state index contributed by atoms with van der Waals surface area (Å²) in [6, 6.07) is 5.24. The predicted octanol–water partition coefficient (Wildman–Crippen LogP) is 2.30. The van der Waals surface area contributed by atoms with Crippen LogP contribution in [-0.4, -0.2) is 23.9 Å². The Morgan fingerprint density at radius 2 is 2.12 bits per heavy atom. The molecule has 0 aliphatic heterocycles. The zero-order valence-corrected chi connectivity index (χ0v) is 10.6. The Hall–Kier alpha value is -0.770. The zero-order chi connectivity index (χ0) is 12.1. The van der Waals surface area contributed by atoms with Gasteiger partial charge in [0.25, 0.3) is 0 Å². The van der Waals surface area contributed by atoms with E-state index in [-0.39, 0.29) is 12.5 Å². The van der Waals surface area contributed by atoms with Gasteiger partial charge in [0.2, 0.25) is 5.91 Å². The van der Waals surface area contributed by atoms with Crippen molar-refractivity contribution >= 4 is 29.1 Å². The van der Waals surface area contributed by atoms with Gasteiger partial charge >= 0.3 is 0 Å². The van der Waals surface area contributed by atoms with Gasteiger partial charge in [-0.1, -0.05) is 29.3 Å². The summed E-state index contributed by atoms with van der Waals surface area (Å²) >= 11 is 11.8. The van der Waals surface area contributed by atoms with E-state index < -0.39 is 0 Å². The van der Waals surface area contributed by atoms with Crippen molar-refractivity contribution < 1.29 is 4.79 Å². The van der Waals surface area contributed by atoms with Gasteiger partial charge in [0.15, 0.2) is 0 Å². The first-order chi connectivity index (χ1) is 7.58. The first kappa shape index (κ1) is 13.3. The largest absolute Gasteiger partial charge is 0.337 e. The molecule has 0 aliphatic rings. The molecule has 0 aliphatic carbocycles. The fraction of sp³-hybridized carbons (Fsp3) is 0.364. The summed E-state index contributed by atoms with van der Waals surface area (Å²) in [5.41, 5.74) is 6.19. The van der Waals surface area contributed by atoms with E-state index in [0.29, 0.717) is 23.1 Å². The molecule has 0 saturated carbocycles. The van der Waals surface area contributed by atoms with E-state index in [1.165, 1.54) is 0 Å². The van der Waals surface area contributed by atoms with Crippen LogP contribution in [0.25, 0.3) is 0 Å². The molecule has 0 unspecified atom stereocenters. The molecule has 0 radical (unpaired) electrons. The molecule has 0 aromatic heterocycles. The molecule has 1 aromatic carbocycles. The number of carbonyl (C=O) groups is 1. The van der Waals surface area contributed by atoms with Gasteiger partial charge in [0, 0.05) is 23.1 Å². The second kappa shape index (κ2) is 6.09. The van der Waals surface area contributed by atoms with E-state index in [2.05, 4.69) is 0 Å². The van der Waals surface area contributed by atoms with Crippen LogP contribution in [0.4, 0.5) is 0 Å². The third-order valence-corrected chi connectivity index (χ3v) is 2.87. The van der Waals surface area contributed by atoms with Crippen molar-refractivity contribution in [1.82, 2.24) is 4.90 Å². The van der Waals surface area contributed by atoms with E-state index in [1.807, 2.05) is 13.0 Å². The standard InChI is InChI=1S/C11H14Cl2N2O/c1-2-15(11(16)6-14)7-8-3-4-9(12)5-10(8)13/h3-5H,2,6-7,14H2,1H3. The first-order valence-corrected chi connectivity index (χ1v) is 5.75. The fourth-order valence-electron chi connectivity index (χ4n) is 1.36. The molecule has 0 atom stereocenters. The molecule has 0 fully saturated rings. The highest BCUT2D eigenvalue weighted by Gasteiger charge is 2.11. The first-order valence-electron chi connectivity index (χ1n) is 5.00. The third kappa shape index (κ3) is 3.37. The van der Waals surface area contributed by atoms with Crippen molar-refractivity contribution in [2.24, 2.45) is 5.73 Å². The number of hydrogen-bond donors (Lipinski definition) is 1. The van der Waals surface area contributed by atoms with Gasteiger partial charge < -0.3 is 10.6 Å². The Labute approximate surface area is 105 Å². The lowest BCUT2D eigenvalue weighted by molar-refractivity contribution is -0.130. The summed E-state index contributed by atoms with van der Waals surface area (Å²) in [6.07, 6.45) is 0. The number of likely N-dealkylation sites (N-methyl/N-ethyl adjacent to an activating group) is 1. The predicted molar refractivity (Wildman–Crippen MR) is 66.6 cm³/mol. The highest BCUT2D eigenvalue weighted by atomic mass is 35.5. The average Bonchev–Trinajstić information content (AvgIpc) is 2.27. The monoisotopic (exact) mass is 260 g/mol. The van der Waals surface area contributed by atoms with Crippen LogP contribution in [0, 0.1) is 0 Å². The summed E-state index contributed by atoms with van der Waals surface area (Å²) in [5.74, 6) is -0.0893. The Balaban J connectivity index is 2.82. The van der Waals surface area contributed by atoms with Crippen molar-refractivity contribution in [2.45, 2.75) is 13.5 Å².